The van der Waals surface area contributed by atoms with E-state index in [-0.39, 0.29) is 11.8 Å². The standard InChI is InChI=1S/C18H11Cl2N3O2S/c1-23-12-8-3-2-5-9(12)13(17(23)25)15-16(24)22-18(26-15)21-11-7-4-6-10(19)14(11)20/h2-8H,1H3,(H,21,22,24)/b15-13+. The lowest BCUT2D eigenvalue weighted by Crippen LogP contribution is -2.23. The maximum atomic E-state index is 12.7. The largest absolute Gasteiger partial charge is 0.311 e. The average Bonchev–Trinajstić information content (AvgIpc) is 3.10. The molecule has 130 valence electrons. The molecule has 0 saturated carbocycles. The third-order valence-electron chi connectivity index (χ3n) is 4.06. The molecule has 2 heterocycles. The molecule has 0 spiro atoms. The van der Waals surface area contributed by atoms with Gasteiger partial charge in [0.15, 0.2) is 5.17 Å². The lowest BCUT2D eigenvalue weighted by atomic mass is 10.1. The van der Waals surface area contributed by atoms with Gasteiger partial charge in [0.25, 0.3) is 11.8 Å². The number of carbonyl (C=O) groups excluding carboxylic acids is 2. The molecule has 1 N–H and O–H groups in total. The molecule has 1 fully saturated rings. The monoisotopic (exact) mass is 403 g/mol. The van der Waals surface area contributed by atoms with E-state index >= 15 is 0 Å². The zero-order valence-electron chi connectivity index (χ0n) is 13.4. The molecule has 0 unspecified atom stereocenters. The molecule has 8 heteroatoms. The number of nitrogens with one attached hydrogen (secondary N) is 1. The number of amides is 2. The van der Waals surface area contributed by atoms with E-state index in [1.165, 1.54) is 4.90 Å². The van der Waals surface area contributed by atoms with E-state index in [2.05, 4.69) is 10.3 Å². The van der Waals surface area contributed by atoms with Gasteiger partial charge in [-0.2, -0.15) is 0 Å². The highest BCUT2D eigenvalue weighted by Gasteiger charge is 2.37. The maximum absolute atomic E-state index is 12.7. The van der Waals surface area contributed by atoms with Gasteiger partial charge >= 0.3 is 0 Å². The molecule has 2 aromatic rings. The van der Waals surface area contributed by atoms with Crippen LogP contribution >= 0.6 is 35.0 Å². The van der Waals surface area contributed by atoms with Crippen LogP contribution in [-0.4, -0.2) is 24.0 Å². The number of likely N-dealkylation sites (N-methyl/N-ethyl adjacent to an activating group) is 1. The summed E-state index contributed by atoms with van der Waals surface area (Å²) in [6, 6.07) is 12.4. The summed E-state index contributed by atoms with van der Waals surface area (Å²) >= 11 is 13.3. The fourth-order valence-corrected chi connectivity index (χ4v) is 4.08. The second-order valence-corrected chi connectivity index (χ2v) is 7.42. The second-order valence-electron chi connectivity index (χ2n) is 5.63. The fourth-order valence-electron chi connectivity index (χ4n) is 2.82. The van der Waals surface area contributed by atoms with Gasteiger partial charge in [-0.3, -0.25) is 9.59 Å². The van der Waals surface area contributed by atoms with Crippen molar-refractivity contribution in [1.82, 2.24) is 5.32 Å². The normalized spacial score (nSPS) is 20.7. The van der Waals surface area contributed by atoms with E-state index < -0.39 is 0 Å². The Morgan fingerprint density at radius 2 is 1.85 bits per heavy atom. The summed E-state index contributed by atoms with van der Waals surface area (Å²) in [5.41, 5.74) is 2.34. The van der Waals surface area contributed by atoms with Crippen molar-refractivity contribution in [2.24, 2.45) is 4.99 Å². The van der Waals surface area contributed by atoms with E-state index in [9.17, 15) is 9.59 Å². The zero-order valence-corrected chi connectivity index (χ0v) is 15.7. The van der Waals surface area contributed by atoms with Crippen molar-refractivity contribution in [2.75, 3.05) is 11.9 Å². The van der Waals surface area contributed by atoms with Crippen LogP contribution in [0.25, 0.3) is 5.57 Å². The number of hydrogen-bond donors (Lipinski definition) is 1. The summed E-state index contributed by atoms with van der Waals surface area (Å²) in [6.45, 7) is 0. The first-order chi connectivity index (χ1) is 12.5. The predicted molar refractivity (Wildman–Crippen MR) is 106 cm³/mol. The van der Waals surface area contributed by atoms with E-state index in [0.29, 0.717) is 31.4 Å². The van der Waals surface area contributed by atoms with Crippen LogP contribution in [0.3, 0.4) is 0 Å². The van der Waals surface area contributed by atoms with Crippen LogP contribution in [0.15, 0.2) is 52.4 Å². The van der Waals surface area contributed by atoms with Gasteiger partial charge in [-0.1, -0.05) is 47.5 Å². The quantitative estimate of drug-likeness (QED) is 0.724. The van der Waals surface area contributed by atoms with E-state index in [0.717, 1.165) is 23.0 Å². The van der Waals surface area contributed by atoms with Crippen LogP contribution in [0.1, 0.15) is 5.56 Å². The van der Waals surface area contributed by atoms with Crippen molar-refractivity contribution in [3.63, 3.8) is 0 Å². The Bertz CT molecular complexity index is 1030. The highest BCUT2D eigenvalue weighted by atomic mass is 35.5. The van der Waals surface area contributed by atoms with Gasteiger partial charge in [-0.15, -0.1) is 0 Å². The second kappa shape index (κ2) is 6.46. The Balaban J connectivity index is 1.78. The molecule has 0 atom stereocenters. The number of carbonyl (C=O) groups is 2. The number of fused-ring (bicyclic) bond motifs is 1. The SMILES string of the molecule is CN1C(=O)/C(=C2/SC(=Nc3cccc(Cl)c3Cl)NC2=O)c2ccccc21. The van der Waals surface area contributed by atoms with Crippen molar-refractivity contribution < 1.29 is 9.59 Å². The molecule has 1 saturated heterocycles. The molecule has 2 amide bonds. The average molecular weight is 404 g/mol. The smallest absolute Gasteiger partial charge is 0.264 e. The number of para-hydroxylation sites is 1. The number of aliphatic imine (C=N–C) groups is 1. The predicted octanol–water partition coefficient (Wildman–Crippen LogP) is 4.23. The molecule has 0 bridgehead atoms. The summed E-state index contributed by atoms with van der Waals surface area (Å²) in [5, 5.41) is 3.72. The first-order valence-corrected chi connectivity index (χ1v) is 9.18. The summed E-state index contributed by atoms with van der Waals surface area (Å²) in [4.78, 5) is 31.4. The van der Waals surface area contributed by atoms with Crippen molar-refractivity contribution in [1.29, 1.82) is 0 Å². The Morgan fingerprint density at radius 1 is 1.08 bits per heavy atom. The molecular weight excluding hydrogens is 393 g/mol. The Hall–Kier alpha value is -2.28. The number of halogens is 2. The topological polar surface area (TPSA) is 61.8 Å². The zero-order chi connectivity index (χ0) is 18.4. The minimum absolute atomic E-state index is 0.217. The van der Waals surface area contributed by atoms with E-state index in [4.69, 9.17) is 23.2 Å². The van der Waals surface area contributed by atoms with Crippen LogP contribution < -0.4 is 10.2 Å². The molecule has 5 nitrogen and oxygen atoms in total. The van der Waals surface area contributed by atoms with Gasteiger partial charge < -0.3 is 10.2 Å². The lowest BCUT2D eigenvalue weighted by Gasteiger charge is -2.08. The van der Waals surface area contributed by atoms with Gasteiger partial charge in [0.1, 0.15) is 0 Å². The molecule has 2 aliphatic heterocycles. The van der Waals surface area contributed by atoms with Gasteiger partial charge in [-0.25, -0.2) is 4.99 Å². The summed E-state index contributed by atoms with van der Waals surface area (Å²) in [6.07, 6.45) is 0. The van der Waals surface area contributed by atoms with Crippen LogP contribution in [0.5, 0.6) is 0 Å². The number of rotatable bonds is 1. The number of nitrogens with zero attached hydrogens (tertiary/aromatic N) is 2. The van der Waals surface area contributed by atoms with Gasteiger partial charge in [0, 0.05) is 12.6 Å². The molecule has 26 heavy (non-hydrogen) atoms. The van der Waals surface area contributed by atoms with Crippen molar-refractivity contribution in [3.8, 4) is 0 Å². The molecule has 0 aliphatic carbocycles. The summed E-state index contributed by atoms with van der Waals surface area (Å²) in [5.74, 6) is -0.578. The van der Waals surface area contributed by atoms with Crippen molar-refractivity contribution >= 4 is 68.9 Å². The molecular formula is C18H11Cl2N3O2S. The van der Waals surface area contributed by atoms with Crippen molar-refractivity contribution in [2.45, 2.75) is 0 Å². The maximum Gasteiger partial charge on any atom is 0.264 e. The van der Waals surface area contributed by atoms with E-state index in [1.807, 2.05) is 24.3 Å². The fraction of sp³-hybridized carbons (Fsp3) is 0.0556. The van der Waals surface area contributed by atoms with Crippen LogP contribution in [0.2, 0.25) is 10.0 Å². The molecule has 2 aliphatic rings. The first-order valence-electron chi connectivity index (χ1n) is 7.61. The van der Waals surface area contributed by atoms with Gasteiger partial charge in [-0.05, 0) is 30.0 Å². The Kier molecular flexibility index (Phi) is 4.26. The third kappa shape index (κ3) is 2.70. The summed E-state index contributed by atoms with van der Waals surface area (Å²) < 4.78 is 0. The highest BCUT2D eigenvalue weighted by Crippen LogP contribution is 2.42. The van der Waals surface area contributed by atoms with E-state index in [1.54, 1.807) is 25.2 Å². The number of benzene rings is 2. The molecule has 0 aromatic heterocycles. The van der Waals surface area contributed by atoms with Crippen molar-refractivity contribution in [3.05, 3.63) is 63.0 Å². The minimum atomic E-state index is -0.361. The lowest BCUT2D eigenvalue weighted by molar-refractivity contribution is -0.116. The molecule has 2 aromatic carbocycles. The Morgan fingerprint density at radius 3 is 2.65 bits per heavy atom. The van der Waals surface area contributed by atoms with Crippen LogP contribution in [-0.2, 0) is 9.59 Å². The van der Waals surface area contributed by atoms with Crippen LogP contribution in [0.4, 0.5) is 11.4 Å². The van der Waals surface area contributed by atoms with Gasteiger partial charge in [0.2, 0.25) is 0 Å². The number of hydrogen-bond acceptors (Lipinski definition) is 4. The van der Waals surface area contributed by atoms with Crippen LogP contribution in [0, 0.1) is 0 Å². The molecule has 0 radical (unpaired) electrons. The summed E-state index contributed by atoms with van der Waals surface area (Å²) in [7, 11) is 1.69. The Labute approximate surface area is 163 Å². The number of anilines is 1. The number of amidine groups is 1. The number of thioether (sulfide) groups is 1. The van der Waals surface area contributed by atoms with Gasteiger partial charge in [0.05, 0.1) is 31.9 Å². The first kappa shape index (κ1) is 17.1. The molecule has 4 rings (SSSR count). The highest BCUT2D eigenvalue weighted by molar-refractivity contribution is 8.18. The minimum Gasteiger partial charge on any atom is -0.311 e. The third-order valence-corrected chi connectivity index (χ3v) is 5.85.